The monoisotopic (exact) mass is 458 g/mol. The third-order valence-electron chi connectivity index (χ3n) is 5.88. The molecule has 0 saturated heterocycles. The molecule has 1 aliphatic rings. The maximum absolute atomic E-state index is 11.8. The summed E-state index contributed by atoms with van der Waals surface area (Å²) in [5.74, 6) is 0.426. The van der Waals surface area contributed by atoms with E-state index >= 15 is 0 Å². The zero-order chi connectivity index (χ0) is 23.8. The minimum absolute atomic E-state index is 0.285. The van der Waals surface area contributed by atoms with Crippen molar-refractivity contribution in [3.63, 3.8) is 0 Å². The van der Waals surface area contributed by atoms with Crippen LogP contribution < -0.4 is 16.5 Å². The van der Waals surface area contributed by atoms with Gasteiger partial charge in [-0.25, -0.2) is 4.98 Å². The minimum Gasteiger partial charge on any atom is -0.423 e. The highest BCUT2D eigenvalue weighted by Gasteiger charge is 2.23. The summed E-state index contributed by atoms with van der Waals surface area (Å²) < 4.78 is 1.51. The van der Waals surface area contributed by atoms with Gasteiger partial charge < -0.3 is 26.0 Å². The number of aromatic nitrogens is 5. The Morgan fingerprint density at radius 3 is 2.82 bits per heavy atom. The first-order valence-electron chi connectivity index (χ1n) is 10.8. The van der Waals surface area contributed by atoms with Crippen LogP contribution >= 0.6 is 0 Å². The van der Waals surface area contributed by atoms with Crippen LogP contribution in [-0.4, -0.2) is 66.5 Å². The normalized spacial score (nSPS) is 13.6. The van der Waals surface area contributed by atoms with Crippen molar-refractivity contribution in [2.75, 3.05) is 18.9 Å². The molecule has 3 heterocycles. The molecular formula is C22H23BN8O3. The summed E-state index contributed by atoms with van der Waals surface area (Å²) in [7, 11) is 0.515. The summed E-state index contributed by atoms with van der Waals surface area (Å²) in [5, 5.41) is 30.7. The molecule has 2 aromatic heterocycles. The molecule has 34 heavy (non-hydrogen) atoms. The lowest BCUT2D eigenvalue weighted by Gasteiger charge is -2.26. The number of nitrogens with one attached hydrogen (secondary N) is 1. The Morgan fingerprint density at radius 1 is 1.21 bits per heavy atom. The van der Waals surface area contributed by atoms with E-state index in [4.69, 9.17) is 15.7 Å². The molecule has 172 valence electrons. The third-order valence-corrected chi connectivity index (χ3v) is 5.88. The lowest BCUT2D eigenvalue weighted by atomic mass is 9.79. The molecule has 12 heteroatoms. The van der Waals surface area contributed by atoms with Crippen molar-refractivity contribution in [1.29, 1.82) is 0 Å². The minimum atomic E-state index is -1.53. The number of hydrogen-bond donors (Lipinski definition) is 4. The van der Waals surface area contributed by atoms with Crippen LogP contribution in [0.15, 0.2) is 42.5 Å². The molecule has 0 fully saturated rings. The van der Waals surface area contributed by atoms with Crippen molar-refractivity contribution in [2.24, 2.45) is 5.73 Å². The molecule has 11 nitrogen and oxygen atoms in total. The lowest BCUT2D eigenvalue weighted by molar-refractivity contribution is 0.100. The van der Waals surface area contributed by atoms with E-state index in [1.54, 1.807) is 36.4 Å². The highest BCUT2D eigenvalue weighted by molar-refractivity contribution is 6.58. The van der Waals surface area contributed by atoms with Crippen molar-refractivity contribution in [1.82, 2.24) is 29.9 Å². The number of anilines is 1. The van der Waals surface area contributed by atoms with Crippen LogP contribution in [0.3, 0.4) is 0 Å². The summed E-state index contributed by atoms with van der Waals surface area (Å²) in [6.45, 7) is 1.98. The van der Waals surface area contributed by atoms with Crippen LogP contribution in [0.5, 0.6) is 0 Å². The Bertz CT molecular complexity index is 1390. The van der Waals surface area contributed by atoms with Crippen LogP contribution in [0.2, 0.25) is 0 Å². The Kier molecular flexibility index (Phi) is 5.69. The van der Waals surface area contributed by atoms with Gasteiger partial charge in [0.2, 0.25) is 0 Å². The van der Waals surface area contributed by atoms with E-state index in [0.29, 0.717) is 41.4 Å². The second kappa shape index (κ2) is 8.82. The molecule has 5 rings (SSSR count). The Hall–Kier alpha value is -3.87. The Balaban J connectivity index is 1.55. The highest BCUT2D eigenvalue weighted by atomic mass is 16.4. The molecule has 0 atom stereocenters. The molecule has 0 bridgehead atoms. The average molecular weight is 458 g/mol. The van der Waals surface area contributed by atoms with E-state index < -0.39 is 13.0 Å². The quantitative estimate of drug-likeness (QED) is 0.282. The average Bonchev–Trinajstić information content (AvgIpc) is 3.27. The van der Waals surface area contributed by atoms with Crippen molar-refractivity contribution in [2.45, 2.75) is 19.5 Å². The summed E-state index contributed by atoms with van der Waals surface area (Å²) in [6.07, 6.45) is 0.751. The molecule has 0 saturated carbocycles. The Labute approximate surface area is 195 Å². The standard InChI is InChI=1S/C22H23BN8O3/c1-30-9-8-17-16(12-30)21(25-11-13-4-2-5-14(10-13)23(33)34)27-22(26-17)31-18-7-3-6-15(20(24)32)19(18)28-29-31/h2-7,10,33-34H,8-9,11-12H2,1H3,(H2,24,32)(H,25,26,27). The van der Waals surface area contributed by atoms with Crippen molar-refractivity contribution < 1.29 is 14.8 Å². The number of hydrogen-bond acceptors (Lipinski definition) is 9. The number of nitrogens with zero attached hydrogens (tertiary/aromatic N) is 6. The van der Waals surface area contributed by atoms with Gasteiger partial charge in [0.1, 0.15) is 11.3 Å². The predicted molar refractivity (Wildman–Crippen MR) is 127 cm³/mol. The van der Waals surface area contributed by atoms with Gasteiger partial charge in [0, 0.05) is 31.6 Å². The smallest absolute Gasteiger partial charge is 0.423 e. The fraction of sp³-hybridized carbons (Fsp3) is 0.227. The number of benzene rings is 2. The van der Waals surface area contributed by atoms with Gasteiger partial charge in [0.05, 0.1) is 16.8 Å². The van der Waals surface area contributed by atoms with Crippen LogP contribution in [0.25, 0.3) is 17.0 Å². The SMILES string of the molecule is CN1CCc2nc(-n3nnc4c(C(N)=O)cccc43)nc(NCc3cccc(B(O)O)c3)c2C1. The number of amides is 1. The first kappa shape index (κ1) is 22.0. The largest absolute Gasteiger partial charge is 0.488 e. The molecule has 5 N–H and O–H groups in total. The fourth-order valence-corrected chi connectivity index (χ4v) is 4.12. The van der Waals surface area contributed by atoms with E-state index in [-0.39, 0.29) is 5.56 Å². The molecule has 0 spiro atoms. The van der Waals surface area contributed by atoms with E-state index in [2.05, 4.69) is 20.5 Å². The van der Waals surface area contributed by atoms with Crippen LogP contribution in [0.1, 0.15) is 27.2 Å². The number of carbonyl (C=O) groups is 1. The Morgan fingerprint density at radius 2 is 2.03 bits per heavy atom. The molecule has 0 radical (unpaired) electrons. The lowest BCUT2D eigenvalue weighted by Crippen LogP contribution is -2.30. The van der Waals surface area contributed by atoms with E-state index in [1.165, 1.54) is 4.68 Å². The second-order valence-corrected chi connectivity index (χ2v) is 8.30. The summed E-state index contributed by atoms with van der Waals surface area (Å²) in [6, 6.07) is 12.2. The van der Waals surface area contributed by atoms with Gasteiger partial charge in [-0.2, -0.15) is 9.67 Å². The van der Waals surface area contributed by atoms with Crippen LogP contribution in [-0.2, 0) is 19.5 Å². The first-order chi connectivity index (χ1) is 16.4. The number of carbonyl (C=O) groups excluding carboxylic acids is 1. The van der Waals surface area contributed by atoms with Gasteiger partial charge in [-0.3, -0.25) is 4.79 Å². The third kappa shape index (κ3) is 4.09. The zero-order valence-corrected chi connectivity index (χ0v) is 18.5. The second-order valence-electron chi connectivity index (χ2n) is 8.30. The van der Waals surface area contributed by atoms with Crippen LogP contribution in [0, 0.1) is 0 Å². The van der Waals surface area contributed by atoms with E-state index in [1.807, 2.05) is 13.1 Å². The number of rotatable bonds is 6. The van der Waals surface area contributed by atoms with Gasteiger partial charge in [-0.1, -0.05) is 35.5 Å². The first-order valence-corrected chi connectivity index (χ1v) is 10.8. The summed E-state index contributed by atoms with van der Waals surface area (Å²) in [4.78, 5) is 23.5. The summed E-state index contributed by atoms with van der Waals surface area (Å²) in [5.41, 5.74) is 9.96. The van der Waals surface area contributed by atoms with Gasteiger partial charge >= 0.3 is 7.12 Å². The van der Waals surface area contributed by atoms with Crippen molar-refractivity contribution in [3.8, 4) is 5.95 Å². The molecule has 4 aromatic rings. The van der Waals surface area contributed by atoms with E-state index in [0.717, 1.165) is 29.8 Å². The van der Waals surface area contributed by atoms with Crippen LogP contribution in [0.4, 0.5) is 5.82 Å². The molecule has 1 aliphatic heterocycles. The van der Waals surface area contributed by atoms with Gasteiger partial charge in [-0.15, -0.1) is 5.10 Å². The number of likely N-dealkylation sites (N-methyl/N-ethyl adjacent to an activating group) is 1. The summed E-state index contributed by atoms with van der Waals surface area (Å²) >= 11 is 0. The highest BCUT2D eigenvalue weighted by Crippen LogP contribution is 2.26. The molecular weight excluding hydrogens is 435 g/mol. The van der Waals surface area contributed by atoms with Gasteiger partial charge in [0.25, 0.3) is 11.9 Å². The van der Waals surface area contributed by atoms with E-state index in [9.17, 15) is 14.8 Å². The molecule has 2 aromatic carbocycles. The number of primary amides is 1. The van der Waals surface area contributed by atoms with Gasteiger partial charge in [-0.05, 0) is 30.2 Å². The molecule has 1 amide bonds. The van der Waals surface area contributed by atoms with Gasteiger partial charge in [0.15, 0.2) is 0 Å². The zero-order valence-electron chi connectivity index (χ0n) is 18.5. The predicted octanol–water partition coefficient (Wildman–Crippen LogP) is -0.411. The number of fused-ring (bicyclic) bond motifs is 2. The fourth-order valence-electron chi connectivity index (χ4n) is 4.12. The number of nitrogens with two attached hydrogens (primary N) is 1. The maximum Gasteiger partial charge on any atom is 0.488 e. The molecule has 0 aliphatic carbocycles. The van der Waals surface area contributed by atoms with Crippen molar-refractivity contribution >= 4 is 35.3 Å². The topological polar surface area (TPSA) is 155 Å². The molecule has 0 unspecified atom stereocenters. The maximum atomic E-state index is 11.8. The van der Waals surface area contributed by atoms with Crippen molar-refractivity contribution in [3.05, 3.63) is 64.8 Å².